The SMILES string of the molecule is CCNC(C)(CC(C)N(CC1CC1)CC1CC1)C(=O)OC. The third kappa shape index (κ3) is 4.96. The van der Waals surface area contributed by atoms with E-state index in [-0.39, 0.29) is 5.97 Å². The number of ether oxygens (including phenoxy) is 1. The zero-order valence-electron chi connectivity index (χ0n) is 14.2. The van der Waals surface area contributed by atoms with E-state index >= 15 is 0 Å². The van der Waals surface area contributed by atoms with E-state index in [0.717, 1.165) is 24.8 Å². The van der Waals surface area contributed by atoms with Gasteiger partial charge in [-0.3, -0.25) is 4.79 Å². The van der Waals surface area contributed by atoms with Crippen molar-refractivity contribution in [3.8, 4) is 0 Å². The van der Waals surface area contributed by atoms with Gasteiger partial charge in [0.1, 0.15) is 5.54 Å². The molecular formula is C17H32N2O2. The molecule has 1 N–H and O–H groups in total. The molecule has 2 aliphatic carbocycles. The molecule has 0 aliphatic heterocycles. The average molecular weight is 296 g/mol. The van der Waals surface area contributed by atoms with Crippen molar-refractivity contribution >= 4 is 5.97 Å². The Labute approximate surface area is 129 Å². The van der Waals surface area contributed by atoms with Gasteiger partial charge in [0, 0.05) is 19.1 Å². The van der Waals surface area contributed by atoms with E-state index in [1.165, 1.54) is 45.9 Å². The van der Waals surface area contributed by atoms with Gasteiger partial charge in [-0.25, -0.2) is 0 Å². The Kier molecular flexibility index (Phi) is 5.67. The highest BCUT2D eigenvalue weighted by Gasteiger charge is 2.38. The molecule has 4 nitrogen and oxygen atoms in total. The third-order valence-electron chi connectivity index (χ3n) is 4.91. The van der Waals surface area contributed by atoms with Crippen molar-refractivity contribution < 1.29 is 9.53 Å². The van der Waals surface area contributed by atoms with Crippen LogP contribution in [0.2, 0.25) is 0 Å². The lowest BCUT2D eigenvalue weighted by Crippen LogP contribution is -2.54. The van der Waals surface area contributed by atoms with Crippen LogP contribution < -0.4 is 5.32 Å². The predicted molar refractivity (Wildman–Crippen MR) is 85.2 cm³/mol. The summed E-state index contributed by atoms with van der Waals surface area (Å²) in [6, 6.07) is 0.411. The second-order valence-corrected chi connectivity index (χ2v) is 7.25. The van der Waals surface area contributed by atoms with Crippen molar-refractivity contribution in [2.24, 2.45) is 11.8 Å². The van der Waals surface area contributed by atoms with Gasteiger partial charge >= 0.3 is 5.97 Å². The van der Waals surface area contributed by atoms with Crippen molar-refractivity contribution in [3.05, 3.63) is 0 Å². The molecule has 0 aromatic carbocycles. The number of likely N-dealkylation sites (N-methyl/N-ethyl adjacent to an activating group) is 1. The van der Waals surface area contributed by atoms with Crippen LogP contribution in [-0.2, 0) is 9.53 Å². The van der Waals surface area contributed by atoms with E-state index in [2.05, 4.69) is 17.1 Å². The van der Waals surface area contributed by atoms with E-state index in [1.807, 2.05) is 13.8 Å². The number of carbonyl (C=O) groups excluding carboxylic acids is 1. The van der Waals surface area contributed by atoms with Crippen molar-refractivity contribution in [2.75, 3.05) is 26.7 Å². The zero-order valence-corrected chi connectivity index (χ0v) is 14.2. The fraction of sp³-hybridized carbons (Fsp3) is 0.941. The summed E-state index contributed by atoms with van der Waals surface area (Å²) in [6.45, 7) is 9.48. The van der Waals surface area contributed by atoms with E-state index < -0.39 is 5.54 Å². The summed E-state index contributed by atoms with van der Waals surface area (Å²) in [7, 11) is 1.48. The van der Waals surface area contributed by atoms with Crippen molar-refractivity contribution in [1.29, 1.82) is 0 Å². The summed E-state index contributed by atoms with van der Waals surface area (Å²) in [5.41, 5.74) is -0.575. The van der Waals surface area contributed by atoms with Gasteiger partial charge in [-0.1, -0.05) is 6.92 Å². The standard InChI is InChI=1S/C17H32N2O2/c1-5-18-17(3,16(20)21-4)10-13(2)19(11-14-6-7-14)12-15-8-9-15/h13-15,18H,5-12H2,1-4H3. The molecule has 21 heavy (non-hydrogen) atoms. The molecule has 2 rings (SSSR count). The molecule has 0 bridgehead atoms. The molecule has 2 unspecified atom stereocenters. The monoisotopic (exact) mass is 296 g/mol. The Morgan fingerprint density at radius 3 is 2.19 bits per heavy atom. The van der Waals surface area contributed by atoms with Crippen LogP contribution in [0.25, 0.3) is 0 Å². The first kappa shape index (κ1) is 16.8. The molecule has 0 spiro atoms. The van der Waals surface area contributed by atoms with Gasteiger partial charge in [0.05, 0.1) is 7.11 Å². The lowest BCUT2D eigenvalue weighted by atomic mass is 9.92. The largest absolute Gasteiger partial charge is 0.468 e. The fourth-order valence-electron chi connectivity index (χ4n) is 3.26. The minimum Gasteiger partial charge on any atom is -0.468 e. The van der Waals surface area contributed by atoms with Crippen molar-refractivity contribution in [1.82, 2.24) is 10.2 Å². The van der Waals surface area contributed by atoms with Crippen molar-refractivity contribution in [2.45, 2.75) is 64.5 Å². The molecule has 0 radical (unpaired) electrons. The Morgan fingerprint density at radius 1 is 1.29 bits per heavy atom. The molecular weight excluding hydrogens is 264 g/mol. The van der Waals surface area contributed by atoms with Gasteiger partial charge in [0.25, 0.3) is 0 Å². The molecule has 2 atom stereocenters. The van der Waals surface area contributed by atoms with Crippen LogP contribution in [0, 0.1) is 11.8 Å². The van der Waals surface area contributed by atoms with Gasteiger partial charge < -0.3 is 15.0 Å². The second-order valence-electron chi connectivity index (χ2n) is 7.25. The second kappa shape index (κ2) is 7.10. The maximum absolute atomic E-state index is 12.1. The molecule has 0 amide bonds. The highest BCUT2D eigenvalue weighted by Crippen LogP contribution is 2.35. The Bertz CT molecular complexity index is 339. The topological polar surface area (TPSA) is 41.6 Å². The van der Waals surface area contributed by atoms with Gasteiger partial charge in [-0.05, 0) is 64.3 Å². The number of nitrogens with zero attached hydrogens (tertiary/aromatic N) is 1. The number of hydrogen-bond acceptors (Lipinski definition) is 4. The maximum Gasteiger partial charge on any atom is 0.325 e. The van der Waals surface area contributed by atoms with E-state index in [0.29, 0.717) is 6.04 Å². The molecule has 0 heterocycles. The minimum absolute atomic E-state index is 0.144. The summed E-state index contributed by atoms with van der Waals surface area (Å²) in [5, 5.41) is 3.33. The molecule has 0 saturated heterocycles. The summed E-state index contributed by atoms with van der Waals surface area (Å²) < 4.78 is 5.02. The van der Waals surface area contributed by atoms with E-state index in [9.17, 15) is 4.79 Å². The van der Waals surface area contributed by atoms with E-state index in [1.54, 1.807) is 0 Å². The molecule has 4 heteroatoms. The first-order valence-corrected chi connectivity index (χ1v) is 8.56. The van der Waals surface area contributed by atoms with Gasteiger partial charge in [0.2, 0.25) is 0 Å². The molecule has 2 fully saturated rings. The number of carbonyl (C=O) groups is 1. The Hall–Kier alpha value is -0.610. The molecule has 122 valence electrons. The third-order valence-corrected chi connectivity index (χ3v) is 4.91. The Morgan fingerprint density at radius 2 is 1.81 bits per heavy atom. The normalized spacial score (nSPS) is 22.9. The van der Waals surface area contributed by atoms with Crippen LogP contribution in [0.1, 0.15) is 52.9 Å². The van der Waals surface area contributed by atoms with Crippen LogP contribution >= 0.6 is 0 Å². The average Bonchev–Trinajstić information content (AvgIpc) is 3.32. The van der Waals surface area contributed by atoms with Crippen LogP contribution in [0.15, 0.2) is 0 Å². The summed E-state index contributed by atoms with van der Waals surface area (Å²) in [4.78, 5) is 14.8. The van der Waals surface area contributed by atoms with Crippen LogP contribution in [0.5, 0.6) is 0 Å². The molecule has 0 aromatic rings. The minimum atomic E-state index is -0.575. The number of esters is 1. The van der Waals surface area contributed by atoms with Gasteiger partial charge in [0.15, 0.2) is 0 Å². The predicted octanol–water partition coefficient (Wildman–Crippen LogP) is 2.43. The smallest absolute Gasteiger partial charge is 0.325 e. The number of methoxy groups -OCH3 is 1. The lowest BCUT2D eigenvalue weighted by Gasteiger charge is -2.36. The summed E-state index contributed by atoms with van der Waals surface area (Å²) >= 11 is 0. The first-order valence-electron chi connectivity index (χ1n) is 8.56. The first-order chi connectivity index (χ1) is 9.98. The molecule has 0 aromatic heterocycles. The molecule has 2 saturated carbocycles. The van der Waals surface area contributed by atoms with E-state index in [4.69, 9.17) is 4.74 Å². The van der Waals surface area contributed by atoms with Crippen LogP contribution in [0.4, 0.5) is 0 Å². The molecule has 2 aliphatic rings. The van der Waals surface area contributed by atoms with Gasteiger partial charge in [-0.15, -0.1) is 0 Å². The van der Waals surface area contributed by atoms with Crippen molar-refractivity contribution in [3.63, 3.8) is 0 Å². The number of hydrogen-bond donors (Lipinski definition) is 1. The Balaban J connectivity index is 1.95. The number of rotatable bonds is 10. The highest BCUT2D eigenvalue weighted by atomic mass is 16.5. The van der Waals surface area contributed by atoms with Crippen LogP contribution in [-0.4, -0.2) is 49.2 Å². The maximum atomic E-state index is 12.1. The summed E-state index contributed by atoms with van der Waals surface area (Å²) in [6.07, 6.45) is 6.35. The summed E-state index contributed by atoms with van der Waals surface area (Å²) in [5.74, 6) is 1.65. The zero-order chi connectivity index (χ0) is 15.5. The quantitative estimate of drug-likeness (QED) is 0.629. The number of nitrogens with one attached hydrogen (secondary N) is 1. The fourth-order valence-corrected chi connectivity index (χ4v) is 3.26. The lowest BCUT2D eigenvalue weighted by molar-refractivity contribution is -0.148. The van der Waals surface area contributed by atoms with Gasteiger partial charge in [-0.2, -0.15) is 0 Å². The highest BCUT2D eigenvalue weighted by molar-refractivity contribution is 5.80. The van der Waals surface area contributed by atoms with Crippen LogP contribution in [0.3, 0.4) is 0 Å².